The fourth-order valence-electron chi connectivity index (χ4n) is 3.06. The van der Waals surface area contributed by atoms with Gasteiger partial charge in [-0.15, -0.1) is 0 Å². The summed E-state index contributed by atoms with van der Waals surface area (Å²) < 4.78 is 0. The molecule has 0 unspecified atom stereocenters. The molecule has 1 N–H and O–H groups in total. The largest absolute Gasteiger partial charge is 0.356 e. The number of halogens is 2. The number of nitrogens with one attached hydrogen (secondary N) is 1. The van der Waals surface area contributed by atoms with E-state index in [0.717, 1.165) is 18.4 Å². The number of carbonyl (C=O) groups is 2. The first-order valence-corrected chi connectivity index (χ1v) is 9.62. The first-order chi connectivity index (χ1) is 11.9. The van der Waals surface area contributed by atoms with E-state index in [-0.39, 0.29) is 17.7 Å². The minimum atomic E-state index is -0.0104. The molecule has 0 radical (unpaired) electrons. The summed E-state index contributed by atoms with van der Waals surface area (Å²) in [4.78, 5) is 26.3. The van der Waals surface area contributed by atoms with Crippen LogP contribution in [0.5, 0.6) is 0 Å². The molecule has 0 spiro atoms. The lowest BCUT2D eigenvalue weighted by molar-refractivity contribution is -0.136. The monoisotopic (exact) mass is 384 g/mol. The van der Waals surface area contributed by atoms with Crippen LogP contribution in [0.15, 0.2) is 18.2 Å². The van der Waals surface area contributed by atoms with Gasteiger partial charge in [0.2, 0.25) is 11.8 Å². The Kier molecular flexibility index (Phi) is 7.57. The smallest absolute Gasteiger partial charge is 0.223 e. The molecule has 1 saturated heterocycles. The van der Waals surface area contributed by atoms with Crippen molar-refractivity contribution in [3.63, 3.8) is 0 Å². The predicted molar refractivity (Wildman–Crippen MR) is 102 cm³/mol. The highest BCUT2D eigenvalue weighted by Gasteiger charge is 2.27. The lowest BCUT2D eigenvalue weighted by Gasteiger charge is -2.31. The quantitative estimate of drug-likeness (QED) is 0.807. The minimum absolute atomic E-state index is 0.0104. The molecule has 2 rings (SSSR count). The minimum Gasteiger partial charge on any atom is -0.356 e. The number of benzene rings is 1. The summed E-state index contributed by atoms with van der Waals surface area (Å²) in [7, 11) is 0. The second kappa shape index (κ2) is 9.44. The third-order valence-electron chi connectivity index (χ3n) is 4.51. The van der Waals surface area contributed by atoms with Gasteiger partial charge < -0.3 is 10.2 Å². The van der Waals surface area contributed by atoms with Crippen molar-refractivity contribution in [1.82, 2.24) is 10.2 Å². The van der Waals surface area contributed by atoms with E-state index in [1.54, 1.807) is 12.1 Å². The van der Waals surface area contributed by atoms with Gasteiger partial charge in [0.25, 0.3) is 0 Å². The van der Waals surface area contributed by atoms with Crippen molar-refractivity contribution in [2.24, 2.45) is 11.8 Å². The highest BCUT2D eigenvalue weighted by atomic mass is 35.5. The summed E-state index contributed by atoms with van der Waals surface area (Å²) in [5.41, 5.74) is 0.973. The zero-order chi connectivity index (χ0) is 18.4. The van der Waals surface area contributed by atoms with E-state index in [9.17, 15) is 9.59 Å². The third kappa shape index (κ3) is 6.19. The van der Waals surface area contributed by atoms with Crippen LogP contribution in [0.25, 0.3) is 0 Å². The summed E-state index contributed by atoms with van der Waals surface area (Å²) in [6.45, 7) is 5.99. The summed E-state index contributed by atoms with van der Waals surface area (Å²) in [5.74, 6) is 0.629. The zero-order valence-electron chi connectivity index (χ0n) is 14.9. The summed E-state index contributed by atoms with van der Waals surface area (Å²) >= 11 is 12.0. The molecule has 4 nitrogen and oxygen atoms in total. The van der Waals surface area contributed by atoms with Crippen LogP contribution < -0.4 is 5.32 Å². The first kappa shape index (κ1) is 20.1. The van der Waals surface area contributed by atoms with E-state index >= 15 is 0 Å². The second-order valence-corrected chi connectivity index (χ2v) is 7.87. The molecule has 2 amide bonds. The van der Waals surface area contributed by atoms with E-state index in [1.807, 2.05) is 24.8 Å². The van der Waals surface area contributed by atoms with Gasteiger partial charge in [0.1, 0.15) is 0 Å². The fraction of sp³-hybridized carbons (Fsp3) is 0.579. The number of carbonyl (C=O) groups excluding carboxylic acids is 2. The Balaban J connectivity index is 1.73. The van der Waals surface area contributed by atoms with E-state index in [0.29, 0.717) is 48.4 Å². The van der Waals surface area contributed by atoms with Crippen LogP contribution >= 0.6 is 23.2 Å². The average Bonchev–Trinajstić information content (AvgIpc) is 2.56. The van der Waals surface area contributed by atoms with Crippen LogP contribution in [0.2, 0.25) is 10.0 Å². The lowest BCUT2D eigenvalue weighted by Crippen LogP contribution is -2.43. The molecule has 1 fully saturated rings. The predicted octanol–water partition coefficient (Wildman–Crippen LogP) is 3.94. The van der Waals surface area contributed by atoms with Gasteiger partial charge in [-0.25, -0.2) is 0 Å². The Labute approximate surface area is 159 Å². The van der Waals surface area contributed by atoms with Crippen LogP contribution in [0, 0.1) is 11.8 Å². The molecular weight excluding hydrogens is 359 g/mol. The maximum absolute atomic E-state index is 12.3. The maximum Gasteiger partial charge on any atom is 0.223 e. The van der Waals surface area contributed by atoms with E-state index in [2.05, 4.69) is 5.32 Å². The third-order valence-corrected chi connectivity index (χ3v) is 5.10. The molecule has 0 aromatic heterocycles. The summed E-state index contributed by atoms with van der Waals surface area (Å²) in [6, 6.07) is 5.40. The number of hydrogen-bond donors (Lipinski definition) is 1. The van der Waals surface area contributed by atoms with E-state index < -0.39 is 0 Å². The number of hydrogen-bond acceptors (Lipinski definition) is 2. The van der Waals surface area contributed by atoms with Gasteiger partial charge in [-0.2, -0.15) is 0 Å². The Morgan fingerprint density at radius 2 is 1.92 bits per heavy atom. The molecule has 1 aromatic carbocycles. The van der Waals surface area contributed by atoms with Crippen molar-refractivity contribution in [2.45, 2.75) is 39.5 Å². The summed E-state index contributed by atoms with van der Waals surface area (Å²) in [5, 5.41) is 4.22. The van der Waals surface area contributed by atoms with Crippen molar-refractivity contribution in [3.05, 3.63) is 33.8 Å². The summed E-state index contributed by atoms with van der Waals surface area (Å²) in [6.07, 6.45) is 2.72. The Morgan fingerprint density at radius 1 is 1.24 bits per heavy atom. The van der Waals surface area contributed by atoms with Gasteiger partial charge in [-0.1, -0.05) is 43.1 Å². The van der Waals surface area contributed by atoms with Crippen molar-refractivity contribution < 1.29 is 9.59 Å². The fourth-order valence-corrected chi connectivity index (χ4v) is 3.56. The van der Waals surface area contributed by atoms with Crippen molar-refractivity contribution in [2.75, 3.05) is 19.6 Å². The van der Waals surface area contributed by atoms with Crippen molar-refractivity contribution >= 4 is 35.0 Å². The molecule has 25 heavy (non-hydrogen) atoms. The van der Waals surface area contributed by atoms with Crippen LogP contribution in [-0.4, -0.2) is 36.3 Å². The molecule has 0 aliphatic carbocycles. The molecule has 1 heterocycles. The Morgan fingerprint density at radius 3 is 2.52 bits per heavy atom. The maximum atomic E-state index is 12.3. The van der Waals surface area contributed by atoms with Crippen LogP contribution in [-0.2, 0) is 16.0 Å². The standard InChI is InChI=1S/C19H26Cl2N2O2/c1-13(2)11-18(24)23-9-6-15(7-10-23)19(25)22-8-5-14-3-4-16(20)12-17(14)21/h3-4,12-13,15H,5-11H2,1-2H3,(H,22,25). The number of piperidine rings is 1. The van der Waals surface area contributed by atoms with E-state index in [1.165, 1.54) is 0 Å². The second-order valence-electron chi connectivity index (χ2n) is 7.03. The van der Waals surface area contributed by atoms with E-state index in [4.69, 9.17) is 23.2 Å². The van der Waals surface area contributed by atoms with Gasteiger partial charge in [-0.3, -0.25) is 9.59 Å². The topological polar surface area (TPSA) is 49.4 Å². The highest BCUT2D eigenvalue weighted by molar-refractivity contribution is 6.35. The van der Waals surface area contributed by atoms with Crippen LogP contribution in [0.4, 0.5) is 0 Å². The Bertz CT molecular complexity index is 611. The first-order valence-electron chi connectivity index (χ1n) is 8.86. The molecule has 1 aliphatic rings. The zero-order valence-corrected chi connectivity index (χ0v) is 16.4. The number of rotatable bonds is 6. The van der Waals surface area contributed by atoms with Crippen LogP contribution in [0.1, 0.15) is 38.7 Å². The normalized spacial score (nSPS) is 15.5. The van der Waals surface area contributed by atoms with Crippen LogP contribution in [0.3, 0.4) is 0 Å². The van der Waals surface area contributed by atoms with Gasteiger partial charge in [0.05, 0.1) is 0 Å². The van der Waals surface area contributed by atoms with Gasteiger partial charge in [0.15, 0.2) is 0 Å². The molecule has 1 aliphatic heterocycles. The highest BCUT2D eigenvalue weighted by Crippen LogP contribution is 2.22. The Hall–Kier alpha value is -1.26. The molecule has 0 saturated carbocycles. The number of amides is 2. The van der Waals surface area contributed by atoms with Gasteiger partial charge >= 0.3 is 0 Å². The molecule has 6 heteroatoms. The molecule has 1 aromatic rings. The molecule has 0 atom stereocenters. The SMILES string of the molecule is CC(C)CC(=O)N1CCC(C(=O)NCCc2ccc(Cl)cc2Cl)CC1. The van der Waals surface area contributed by atoms with Crippen molar-refractivity contribution in [3.8, 4) is 0 Å². The molecule has 138 valence electrons. The molecular formula is C19H26Cl2N2O2. The molecule has 0 bridgehead atoms. The van der Waals surface area contributed by atoms with Crippen molar-refractivity contribution in [1.29, 1.82) is 0 Å². The van der Waals surface area contributed by atoms with Gasteiger partial charge in [0, 0.05) is 42.0 Å². The number of nitrogens with zero attached hydrogens (tertiary/aromatic N) is 1. The average molecular weight is 385 g/mol. The number of likely N-dealkylation sites (tertiary alicyclic amines) is 1. The van der Waals surface area contributed by atoms with Gasteiger partial charge in [-0.05, 0) is 42.9 Å². The lowest BCUT2D eigenvalue weighted by atomic mass is 9.95.